The van der Waals surface area contributed by atoms with Crippen molar-refractivity contribution in [2.45, 2.75) is 20.8 Å². The predicted molar refractivity (Wildman–Crippen MR) is 68.8 cm³/mol. The minimum Gasteiger partial charge on any atom is -0.491 e. The molecule has 1 aromatic rings. The zero-order chi connectivity index (χ0) is 12.7. The van der Waals surface area contributed by atoms with Gasteiger partial charge in [-0.1, -0.05) is 6.07 Å². The first-order valence-corrected chi connectivity index (χ1v) is 5.92. The van der Waals surface area contributed by atoms with Gasteiger partial charge in [-0.3, -0.25) is 0 Å². The summed E-state index contributed by atoms with van der Waals surface area (Å²) < 4.78 is 15.9. The van der Waals surface area contributed by atoms with Gasteiger partial charge in [0.2, 0.25) is 0 Å². The van der Waals surface area contributed by atoms with Gasteiger partial charge in [0, 0.05) is 7.11 Å². The third-order valence-electron chi connectivity index (χ3n) is 2.71. The van der Waals surface area contributed by atoms with Gasteiger partial charge in [0.25, 0.3) is 0 Å². The van der Waals surface area contributed by atoms with E-state index >= 15 is 0 Å². The fraction of sp³-hybridized carbons (Fsp3) is 0.571. The van der Waals surface area contributed by atoms with Gasteiger partial charge in [0.1, 0.15) is 12.4 Å². The molecular formula is C14H22O3. The Morgan fingerprint density at radius 3 is 2.18 bits per heavy atom. The van der Waals surface area contributed by atoms with E-state index in [1.807, 2.05) is 0 Å². The third kappa shape index (κ3) is 4.75. The number of ether oxygens (including phenoxy) is 3. The van der Waals surface area contributed by atoms with Crippen molar-refractivity contribution in [3.63, 3.8) is 0 Å². The Morgan fingerprint density at radius 2 is 1.47 bits per heavy atom. The third-order valence-corrected chi connectivity index (χ3v) is 2.71. The minimum atomic E-state index is 0.576. The summed E-state index contributed by atoms with van der Waals surface area (Å²) in [6.07, 6.45) is 0. The molecule has 0 saturated heterocycles. The second kappa shape index (κ2) is 7.30. The lowest BCUT2D eigenvalue weighted by atomic mass is 10.1. The fourth-order valence-corrected chi connectivity index (χ4v) is 1.54. The van der Waals surface area contributed by atoms with Crippen LogP contribution in [0, 0.1) is 20.8 Å². The molecule has 0 aliphatic heterocycles. The number of hydrogen-bond donors (Lipinski definition) is 0. The molecule has 1 rings (SSSR count). The number of methoxy groups -OCH3 is 1. The van der Waals surface area contributed by atoms with Crippen molar-refractivity contribution >= 4 is 0 Å². The van der Waals surface area contributed by atoms with Crippen LogP contribution in [-0.4, -0.2) is 33.5 Å². The second-order valence-corrected chi connectivity index (χ2v) is 4.16. The van der Waals surface area contributed by atoms with Gasteiger partial charge in [-0.05, 0) is 43.5 Å². The van der Waals surface area contributed by atoms with E-state index in [0.29, 0.717) is 26.4 Å². The van der Waals surface area contributed by atoms with Crippen molar-refractivity contribution in [2.75, 3.05) is 33.5 Å². The van der Waals surface area contributed by atoms with Crippen LogP contribution in [0.1, 0.15) is 16.7 Å². The highest BCUT2D eigenvalue weighted by molar-refractivity contribution is 5.40. The molecule has 0 N–H and O–H groups in total. The zero-order valence-electron chi connectivity index (χ0n) is 11.2. The van der Waals surface area contributed by atoms with Crippen molar-refractivity contribution in [1.82, 2.24) is 0 Å². The first-order valence-electron chi connectivity index (χ1n) is 5.92. The predicted octanol–water partition coefficient (Wildman–Crippen LogP) is 2.65. The van der Waals surface area contributed by atoms with E-state index in [1.165, 1.54) is 16.7 Å². The van der Waals surface area contributed by atoms with Crippen LogP contribution in [0.15, 0.2) is 12.1 Å². The molecule has 0 radical (unpaired) electrons. The fourth-order valence-electron chi connectivity index (χ4n) is 1.54. The average Bonchev–Trinajstić information content (AvgIpc) is 2.30. The van der Waals surface area contributed by atoms with E-state index in [-0.39, 0.29) is 0 Å². The summed E-state index contributed by atoms with van der Waals surface area (Å²) in [5.41, 5.74) is 3.72. The number of benzene rings is 1. The molecule has 0 aromatic heterocycles. The maximum Gasteiger partial charge on any atom is 0.122 e. The van der Waals surface area contributed by atoms with Crippen LogP contribution in [-0.2, 0) is 9.47 Å². The molecule has 0 aliphatic rings. The van der Waals surface area contributed by atoms with E-state index in [1.54, 1.807) is 7.11 Å². The molecule has 0 saturated carbocycles. The molecule has 3 heteroatoms. The van der Waals surface area contributed by atoms with Crippen LogP contribution in [0.25, 0.3) is 0 Å². The Bertz CT molecular complexity index is 348. The lowest BCUT2D eigenvalue weighted by Crippen LogP contribution is -2.10. The van der Waals surface area contributed by atoms with Crippen LogP contribution < -0.4 is 4.74 Å². The van der Waals surface area contributed by atoms with Crippen molar-refractivity contribution < 1.29 is 14.2 Å². The molecular weight excluding hydrogens is 216 g/mol. The van der Waals surface area contributed by atoms with Crippen LogP contribution in [0.4, 0.5) is 0 Å². The number of hydrogen-bond acceptors (Lipinski definition) is 3. The van der Waals surface area contributed by atoms with Gasteiger partial charge in [-0.15, -0.1) is 0 Å². The summed E-state index contributed by atoms with van der Waals surface area (Å²) in [6.45, 7) is 8.68. The molecule has 0 aliphatic carbocycles. The summed E-state index contributed by atoms with van der Waals surface area (Å²) >= 11 is 0. The normalized spacial score (nSPS) is 10.6. The Balaban J connectivity index is 2.34. The summed E-state index contributed by atoms with van der Waals surface area (Å²) in [6, 6.07) is 4.23. The summed E-state index contributed by atoms with van der Waals surface area (Å²) in [4.78, 5) is 0. The Kier molecular flexibility index (Phi) is 6.01. The molecule has 0 fully saturated rings. The highest BCUT2D eigenvalue weighted by Gasteiger charge is 2.02. The van der Waals surface area contributed by atoms with Crippen molar-refractivity contribution in [3.05, 3.63) is 28.8 Å². The van der Waals surface area contributed by atoms with Gasteiger partial charge >= 0.3 is 0 Å². The summed E-state index contributed by atoms with van der Waals surface area (Å²) in [7, 11) is 1.66. The molecule has 1 aromatic carbocycles. The van der Waals surface area contributed by atoms with Gasteiger partial charge in [-0.2, -0.15) is 0 Å². The highest BCUT2D eigenvalue weighted by atomic mass is 16.5. The Labute approximate surface area is 104 Å². The van der Waals surface area contributed by atoms with Gasteiger partial charge in [0.15, 0.2) is 0 Å². The van der Waals surface area contributed by atoms with Crippen LogP contribution in [0.2, 0.25) is 0 Å². The lowest BCUT2D eigenvalue weighted by molar-refractivity contribution is 0.0543. The second-order valence-electron chi connectivity index (χ2n) is 4.16. The molecule has 96 valence electrons. The molecule has 3 nitrogen and oxygen atoms in total. The highest BCUT2D eigenvalue weighted by Crippen LogP contribution is 2.22. The molecule has 17 heavy (non-hydrogen) atoms. The Hall–Kier alpha value is -1.06. The number of aryl methyl sites for hydroxylation is 3. The molecule has 0 atom stereocenters. The average molecular weight is 238 g/mol. The molecule has 0 amide bonds. The van der Waals surface area contributed by atoms with Crippen LogP contribution in [0.5, 0.6) is 5.75 Å². The molecule has 0 spiro atoms. The Morgan fingerprint density at radius 1 is 0.824 bits per heavy atom. The SMILES string of the molecule is COCCOCCOc1cc(C)c(C)cc1C. The van der Waals surface area contributed by atoms with Gasteiger partial charge < -0.3 is 14.2 Å². The minimum absolute atomic E-state index is 0.576. The lowest BCUT2D eigenvalue weighted by Gasteiger charge is -2.11. The van der Waals surface area contributed by atoms with Gasteiger partial charge in [0.05, 0.1) is 19.8 Å². The number of rotatable bonds is 7. The standard InChI is InChI=1S/C14H22O3/c1-11-9-13(3)14(10-12(11)2)17-8-7-16-6-5-15-4/h9-10H,5-8H2,1-4H3. The maximum absolute atomic E-state index is 5.69. The molecule has 0 bridgehead atoms. The quantitative estimate of drug-likeness (QED) is 0.683. The van der Waals surface area contributed by atoms with E-state index in [4.69, 9.17) is 14.2 Å². The van der Waals surface area contributed by atoms with Crippen LogP contribution >= 0.6 is 0 Å². The van der Waals surface area contributed by atoms with Crippen LogP contribution in [0.3, 0.4) is 0 Å². The molecule has 0 unspecified atom stereocenters. The van der Waals surface area contributed by atoms with Crippen molar-refractivity contribution in [2.24, 2.45) is 0 Å². The first kappa shape index (κ1) is 14.0. The van der Waals surface area contributed by atoms with E-state index in [2.05, 4.69) is 32.9 Å². The monoisotopic (exact) mass is 238 g/mol. The van der Waals surface area contributed by atoms with E-state index in [9.17, 15) is 0 Å². The largest absolute Gasteiger partial charge is 0.491 e. The van der Waals surface area contributed by atoms with E-state index < -0.39 is 0 Å². The molecule has 0 heterocycles. The van der Waals surface area contributed by atoms with Gasteiger partial charge in [-0.25, -0.2) is 0 Å². The van der Waals surface area contributed by atoms with Crippen molar-refractivity contribution in [1.29, 1.82) is 0 Å². The van der Waals surface area contributed by atoms with Crippen molar-refractivity contribution in [3.8, 4) is 5.75 Å². The smallest absolute Gasteiger partial charge is 0.122 e. The summed E-state index contributed by atoms with van der Waals surface area (Å²) in [5, 5.41) is 0. The maximum atomic E-state index is 5.69. The topological polar surface area (TPSA) is 27.7 Å². The zero-order valence-corrected chi connectivity index (χ0v) is 11.2. The summed E-state index contributed by atoms with van der Waals surface area (Å²) in [5.74, 6) is 0.948. The first-order chi connectivity index (χ1) is 8.15. The van der Waals surface area contributed by atoms with E-state index in [0.717, 1.165) is 5.75 Å².